The van der Waals surface area contributed by atoms with E-state index in [1.54, 1.807) is 0 Å². The van der Waals surface area contributed by atoms with Crippen LogP contribution >= 0.6 is 66.1 Å². The first-order valence-corrected chi connectivity index (χ1v) is 8.79. The summed E-state index contributed by atoms with van der Waals surface area (Å²) in [6.45, 7) is 0. The molecule has 1 heterocycles. The van der Waals surface area contributed by atoms with Crippen molar-refractivity contribution in [2.45, 2.75) is 18.8 Å². The van der Waals surface area contributed by atoms with Crippen LogP contribution in [0.2, 0.25) is 5.15 Å². The van der Waals surface area contributed by atoms with Crippen molar-refractivity contribution in [3.63, 3.8) is 0 Å². The third-order valence-electron chi connectivity index (χ3n) is 2.98. The Kier molecular flexibility index (Phi) is 4.18. The van der Waals surface area contributed by atoms with Gasteiger partial charge in [0.1, 0.15) is 5.15 Å². The summed E-state index contributed by atoms with van der Waals surface area (Å²) >= 11 is 15.4. The van der Waals surface area contributed by atoms with Crippen LogP contribution in [-0.2, 0) is 0 Å². The maximum absolute atomic E-state index is 6.23. The van der Waals surface area contributed by atoms with Crippen LogP contribution in [0, 0.1) is 3.57 Å². The Balaban J connectivity index is 2.11. The number of aromatic nitrogens is 2. The van der Waals surface area contributed by atoms with Crippen LogP contribution in [-0.4, -0.2) is 9.97 Å². The lowest BCUT2D eigenvalue weighted by Gasteiger charge is -2.08. The molecule has 6 heteroatoms. The molecule has 2 nitrogen and oxygen atoms in total. The third-order valence-corrected chi connectivity index (χ3v) is 6.51. The number of hydrogen-bond donors (Lipinski definition) is 0. The molecule has 19 heavy (non-hydrogen) atoms. The summed E-state index contributed by atoms with van der Waals surface area (Å²) < 4.78 is 2.98. The fraction of sp³-hybridized carbons (Fsp3) is 0.231. The van der Waals surface area contributed by atoms with Gasteiger partial charge in [0, 0.05) is 20.4 Å². The summed E-state index contributed by atoms with van der Waals surface area (Å²) in [5.41, 5.74) is 2.06. The molecule has 0 spiro atoms. The van der Waals surface area contributed by atoms with Gasteiger partial charge in [-0.1, -0.05) is 11.6 Å². The van der Waals surface area contributed by atoms with E-state index in [0.717, 1.165) is 23.8 Å². The predicted molar refractivity (Wildman–Crippen MR) is 92.6 cm³/mol. The zero-order chi connectivity index (χ0) is 13.6. The molecule has 0 atom stereocenters. The van der Waals surface area contributed by atoms with Crippen molar-refractivity contribution in [1.82, 2.24) is 9.97 Å². The minimum atomic E-state index is 0.548. The molecule has 0 N–H and O–H groups in total. The first-order valence-electron chi connectivity index (χ1n) is 5.74. The molecule has 0 saturated heterocycles. The van der Waals surface area contributed by atoms with E-state index in [-0.39, 0.29) is 0 Å². The van der Waals surface area contributed by atoms with Crippen LogP contribution in [0.5, 0.6) is 0 Å². The molecule has 1 aromatic carbocycles. The van der Waals surface area contributed by atoms with Crippen LogP contribution in [0.4, 0.5) is 0 Å². The largest absolute Gasteiger partial charge is 0.232 e. The lowest BCUT2D eigenvalue weighted by Crippen LogP contribution is -1.99. The Labute approximate surface area is 146 Å². The standard InChI is InChI=1S/C13H8Br2ClIN2/c14-8-4-3-7(5-9(8)15)13-18-11(6-1-2-6)10(17)12(16)19-13/h3-6H,1-2H2. The molecule has 2 aromatic rings. The summed E-state index contributed by atoms with van der Waals surface area (Å²) in [6, 6.07) is 5.97. The molecular weight excluding hydrogens is 506 g/mol. The monoisotopic (exact) mass is 512 g/mol. The third kappa shape index (κ3) is 2.99. The highest BCUT2D eigenvalue weighted by molar-refractivity contribution is 14.1. The normalized spacial score (nSPS) is 14.7. The maximum atomic E-state index is 6.23. The van der Waals surface area contributed by atoms with Crippen LogP contribution in [0.15, 0.2) is 27.1 Å². The summed E-state index contributed by atoms with van der Waals surface area (Å²) in [5, 5.41) is 0.548. The van der Waals surface area contributed by atoms with E-state index < -0.39 is 0 Å². The van der Waals surface area contributed by atoms with Gasteiger partial charge in [-0.3, -0.25) is 0 Å². The molecule has 0 aliphatic heterocycles. The summed E-state index contributed by atoms with van der Waals surface area (Å²) in [4.78, 5) is 9.09. The van der Waals surface area contributed by atoms with Crippen molar-refractivity contribution in [3.05, 3.63) is 41.6 Å². The van der Waals surface area contributed by atoms with Gasteiger partial charge < -0.3 is 0 Å². The topological polar surface area (TPSA) is 25.8 Å². The Morgan fingerprint density at radius 2 is 1.89 bits per heavy atom. The fourth-order valence-electron chi connectivity index (χ4n) is 1.83. The second-order valence-electron chi connectivity index (χ2n) is 4.44. The van der Waals surface area contributed by atoms with Crippen LogP contribution in [0.3, 0.4) is 0 Å². The lowest BCUT2D eigenvalue weighted by molar-refractivity contribution is 0.978. The Hall–Kier alpha value is 0.280. The average molecular weight is 514 g/mol. The van der Waals surface area contributed by atoms with Gasteiger partial charge >= 0.3 is 0 Å². The number of nitrogens with zero attached hydrogens (tertiary/aromatic N) is 2. The van der Waals surface area contributed by atoms with E-state index >= 15 is 0 Å². The minimum absolute atomic E-state index is 0.548. The Morgan fingerprint density at radius 1 is 1.16 bits per heavy atom. The molecule has 1 saturated carbocycles. The second-order valence-corrected chi connectivity index (χ2v) is 7.59. The molecule has 98 valence electrons. The van der Waals surface area contributed by atoms with Crippen molar-refractivity contribution < 1.29 is 0 Å². The maximum Gasteiger partial charge on any atom is 0.161 e. The molecule has 1 aromatic heterocycles. The fourth-order valence-corrected chi connectivity index (χ4v) is 3.31. The quantitative estimate of drug-likeness (QED) is 0.374. The smallest absolute Gasteiger partial charge is 0.161 e. The first-order chi connectivity index (χ1) is 9.06. The van der Waals surface area contributed by atoms with Gasteiger partial charge in [0.15, 0.2) is 5.82 Å². The molecule has 3 rings (SSSR count). The van der Waals surface area contributed by atoms with E-state index in [0.29, 0.717) is 16.9 Å². The first kappa shape index (κ1) is 14.2. The summed E-state index contributed by atoms with van der Waals surface area (Å²) in [6.07, 6.45) is 2.40. The SMILES string of the molecule is Clc1nc(-c2ccc(Br)c(Br)c2)nc(C2CC2)c1I. The summed E-state index contributed by atoms with van der Waals surface area (Å²) in [7, 11) is 0. The Bertz CT molecular complexity index is 659. The van der Waals surface area contributed by atoms with Crippen LogP contribution < -0.4 is 0 Å². The summed E-state index contributed by atoms with van der Waals surface area (Å²) in [5.74, 6) is 1.26. The number of halogens is 4. The predicted octanol–water partition coefficient (Wildman–Crippen LogP) is 5.80. The van der Waals surface area contributed by atoms with Crippen molar-refractivity contribution in [3.8, 4) is 11.4 Å². The van der Waals surface area contributed by atoms with E-state index in [9.17, 15) is 0 Å². The van der Waals surface area contributed by atoms with Crippen molar-refractivity contribution in [2.75, 3.05) is 0 Å². The zero-order valence-electron chi connectivity index (χ0n) is 9.63. The van der Waals surface area contributed by atoms with E-state index in [1.165, 1.54) is 12.8 Å². The number of hydrogen-bond acceptors (Lipinski definition) is 2. The average Bonchev–Trinajstić information content (AvgIpc) is 3.20. The van der Waals surface area contributed by atoms with E-state index in [4.69, 9.17) is 16.6 Å². The van der Waals surface area contributed by atoms with E-state index in [2.05, 4.69) is 59.4 Å². The molecular formula is C13H8Br2ClIN2. The van der Waals surface area contributed by atoms with Crippen molar-refractivity contribution in [2.24, 2.45) is 0 Å². The van der Waals surface area contributed by atoms with Gasteiger partial charge in [0.05, 0.1) is 9.26 Å². The number of benzene rings is 1. The van der Waals surface area contributed by atoms with Crippen molar-refractivity contribution >= 4 is 66.1 Å². The lowest BCUT2D eigenvalue weighted by atomic mass is 10.2. The van der Waals surface area contributed by atoms with Gasteiger partial charge in [-0.25, -0.2) is 9.97 Å². The molecule has 1 fully saturated rings. The molecule has 0 radical (unpaired) electrons. The molecule has 0 bridgehead atoms. The van der Waals surface area contributed by atoms with Gasteiger partial charge in [-0.15, -0.1) is 0 Å². The highest BCUT2D eigenvalue weighted by Gasteiger charge is 2.29. The van der Waals surface area contributed by atoms with Crippen LogP contribution in [0.25, 0.3) is 11.4 Å². The van der Waals surface area contributed by atoms with Crippen molar-refractivity contribution in [1.29, 1.82) is 0 Å². The van der Waals surface area contributed by atoms with Gasteiger partial charge in [0.2, 0.25) is 0 Å². The second kappa shape index (κ2) is 5.58. The zero-order valence-corrected chi connectivity index (χ0v) is 15.7. The van der Waals surface area contributed by atoms with Gasteiger partial charge in [0.25, 0.3) is 0 Å². The van der Waals surface area contributed by atoms with E-state index in [1.807, 2.05) is 18.2 Å². The highest BCUT2D eigenvalue weighted by atomic mass is 127. The molecule has 1 aliphatic rings. The van der Waals surface area contributed by atoms with Gasteiger partial charge in [-0.2, -0.15) is 0 Å². The number of rotatable bonds is 2. The minimum Gasteiger partial charge on any atom is -0.232 e. The molecule has 0 amide bonds. The van der Waals surface area contributed by atoms with Crippen LogP contribution in [0.1, 0.15) is 24.5 Å². The van der Waals surface area contributed by atoms with Gasteiger partial charge in [-0.05, 0) is 85.5 Å². The highest BCUT2D eigenvalue weighted by Crippen LogP contribution is 2.43. The molecule has 1 aliphatic carbocycles. The molecule has 0 unspecified atom stereocenters. The Morgan fingerprint density at radius 3 is 2.53 bits per heavy atom.